The molecule has 1 saturated heterocycles. The molecule has 18 heavy (non-hydrogen) atoms. The third-order valence-electron chi connectivity index (χ3n) is 2.81. The fraction of sp³-hybridized carbons (Fsp3) is 0.600. The second-order valence-corrected chi connectivity index (χ2v) is 4.10. The van der Waals surface area contributed by atoms with Crippen LogP contribution in [0.3, 0.4) is 0 Å². The average molecular weight is 254 g/mol. The van der Waals surface area contributed by atoms with Crippen LogP contribution in [0.2, 0.25) is 0 Å². The van der Waals surface area contributed by atoms with Gasteiger partial charge >= 0.3 is 5.97 Å². The highest BCUT2D eigenvalue weighted by molar-refractivity contribution is 5.82. The summed E-state index contributed by atoms with van der Waals surface area (Å²) in [5.74, 6) is -0.725. The van der Waals surface area contributed by atoms with Crippen LogP contribution in [0.5, 0.6) is 0 Å². The van der Waals surface area contributed by atoms with Crippen molar-refractivity contribution in [2.75, 3.05) is 0 Å². The van der Waals surface area contributed by atoms with E-state index >= 15 is 0 Å². The van der Waals surface area contributed by atoms with Gasteiger partial charge in [-0.25, -0.2) is 4.79 Å². The number of carboxylic acid groups (broad SMARTS) is 1. The summed E-state index contributed by atoms with van der Waals surface area (Å²) in [5, 5.41) is 18.9. The van der Waals surface area contributed by atoms with Crippen molar-refractivity contribution in [3.63, 3.8) is 0 Å². The number of carbonyl (C=O) groups excluding carboxylic acids is 1. The maximum Gasteiger partial charge on any atom is 0.332 e. The number of aromatic nitrogens is 3. The normalized spacial score (nSPS) is 22.9. The number of hydrogen-bond donors (Lipinski definition) is 2. The van der Waals surface area contributed by atoms with E-state index < -0.39 is 18.2 Å². The van der Waals surface area contributed by atoms with Crippen molar-refractivity contribution < 1.29 is 19.4 Å². The van der Waals surface area contributed by atoms with E-state index in [0.717, 1.165) is 0 Å². The van der Waals surface area contributed by atoms with Gasteiger partial charge in [0.15, 0.2) is 11.9 Å². The summed E-state index contributed by atoms with van der Waals surface area (Å²) < 4.78 is 6.82. The first-order valence-corrected chi connectivity index (χ1v) is 5.57. The number of nitrogens with zero attached hydrogens (tertiary/aromatic N) is 3. The van der Waals surface area contributed by atoms with Gasteiger partial charge in [0.1, 0.15) is 12.4 Å². The van der Waals surface area contributed by atoms with Crippen LogP contribution in [0, 0.1) is 0 Å². The van der Waals surface area contributed by atoms with Gasteiger partial charge in [0.2, 0.25) is 5.91 Å². The summed E-state index contributed by atoms with van der Waals surface area (Å²) in [4.78, 5) is 22.4. The molecule has 8 nitrogen and oxygen atoms in total. The van der Waals surface area contributed by atoms with Gasteiger partial charge in [-0.3, -0.25) is 4.79 Å². The maximum absolute atomic E-state index is 11.7. The molecule has 0 radical (unpaired) electrons. The van der Waals surface area contributed by atoms with Crippen LogP contribution in [0.4, 0.5) is 0 Å². The zero-order valence-electron chi connectivity index (χ0n) is 9.87. The van der Waals surface area contributed by atoms with Crippen molar-refractivity contribution in [1.29, 1.82) is 0 Å². The van der Waals surface area contributed by atoms with Crippen molar-refractivity contribution >= 4 is 11.9 Å². The molecule has 2 rings (SSSR count). The highest BCUT2D eigenvalue weighted by Crippen LogP contribution is 2.19. The number of aliphatic carboxylic acids is 1. The van der Waals surface area contributed by atoms with Crippen LogP contribution in [-0.4, -0.2) is 44.0 Å². The van der Waals surface area contributed by atoms with Gasteiger partial charge in [0.25, 0.3) is 0 Å². The van der Waals surface area contributed by atoms with Crippen LogP contribution in [-0.2, 0) is 27.9 Å². The van der Waals surface area contributed by atoms with Gasteiger partial charge in [-0.15, -0.1) is 10.2 Å². The van der Waals surface area contributed by atoms with E-state index in [2.05, 4.69) is 15.5 Å². The standard InChI is InChI=1S/C10H14N4O4/c1-14-5-12-13-8(14)4-11-9(15)6-2-3-7(18-6)10(16)17/h5-7H,2-4H2,1H3,(H,11,15)(H,16,17). The molecule has 0 aliphatic carbocycles. The van der Waals surface area contributed by atoms with Crippen molar-refractivity contribution in [2.24, 2.45) is 7.05 Å². The Balaban J connectivity index is 1.83. The Morgan fingerprint density at radius 3 is 2.83 bits per heavy atom. The smallest absolute Gasteiger partial charge is 0.332 e. The molecular formula is C10H14N4O4. The van der Waals surface area contributed by atoms with E-state index in [1.807, 2.05) is 0 Å². The first kappa shape index (κ1) is 12.5. The third kappa shape index (κ3) is 2.65. The lowest BCUT2D eigenvalue weighted by atomic mass is 10.2. The van der Waals surface area contributed by atoms with Gasteiger partial charge in [-0.1, -0.05) is 0 Å². The monoisotopic (exact) mass is 254 g/mol. The van der Waals surface area contributed by atoms with Crippen molar-refractivity contribution in [2.45, 2.75) is 31.6 Å². The van der Waals surface area contributed by atoms with Gasteiger partial charge in [0.05, 0.1) is 6.54 Å². The Kier molecular flexibility index (Phi) is 3.56. The Morgan fingerprint density at radius 1 is 1.56 bits per heavy atom. The summed E-state index contributed by atoms with van der Waals surface area (Å²) in [6.07, 6.45) is 0.738. The number of amides is 1. The zero-order chi connectivity index (χ0) is 13.1. The summed E-state index contributed by atoms with van der Waals surface area (Å²) in [6.45, 7) is 0.243. The number of nitrogens with one attached hydrogen (secondary N) is 1. The predicted molar refractivity (Wildman–Crippen MR) is 58.4 cm³/mol. The number of ether oxygens (including phenoxy) is 1. The molecule has 1 aromatic rings. The lowest BCUT2D eigenvalue weighted by Gasteiger charge is -2.11. The predicted octanol–water partition coefficient (Wildman–Crippen LogP) is -0.936. The molecule has 0 aromatic carbocycles. The number of hydrogen-bond acceptors (Lipinski definition) is 5. The van der Waals surface area contributed by atoms with Crippen LogP contribution in [0.1, 0.15) is 18.7 Å². The molecule has 2 unspecified atom stereocenters. The largest absolute Gasteiger partial charge is 0.479 e. The number of aryl methyl sites for hydroxylation is 1. The average Bonchev–Trinajstić information content (AvgIpc) is 2.94. The van der Waals surface area contributed by atoms with Gasteiger partial charge < -0.3 is 19.7 Å². The van der Waals surface area contributed by atoms with E-state index in [1.165, 1.54) is 6.33 Å². The van der Waals surface area contributed by atoms with Gasteiger partial charge in [-0.2, -0.15) is 0 Å². The molecule has 0 saturated carbocycles. The molecule has 1 aromatic heterocycles. The summed E-state index contributed by atoms with van der Waals surface area (Å²) in [6, 6.07) is 0. The zero-order valence-corrected chi connectivity index (χ0v) is 9.87. The summed E-state index contributed by atoms with van der Waals surface area (Å²) in [5.41, 5.74) is 0. The SMILES string of the molecule is Cn1cnnc1CNC(=O)C1CCC(C(=O)O)O1. The van der Waals surface area contributed by atoms with E-state index in [1.54, 1.807) is 11.6 Å². The maximum atomic E-state index is 11.7. The minimum absolute atomic E-state index is 0.243. The molecule has 1 aliphatic rings. The Bertz CT molecular complexity index is 458. The molecular weight excluding hydrogens is 240 g/mol. The number of carboxylic acids is 1. The first-order chi connectivity index (χ1) is 8.58. The Labute approximate surface area is 103 Å². The lowest BCUT2D eigenvalue weighted by molar-refractivity contribution is -0.151. The van der Waals surface area contributed by atoms with Crippen molar-refractivity contribution in [3.05, 3.63) is 12.2 Å². The van der Waals surface area contributed by atoms with Crippen molar-refractivity contribution in [3.8, 4) is 0 Å². The molecule has 2 N–H and O–H groups in total. The van der Waals surface area contributed by atoms with Crippen LogP contribution < -0.4 is 5.32 Å². The molecule has 1 fully saturated rings. The highest BCUT2D eigenvalue weighted by Gasteiger charge is 2.34. The molecule has 2 atom stereocenters. The Hall–Kier alpha value is -1.96. The molecule has 1 aliphatic heterocycles. The van der Waals surface area contributed by atoms with Gasteiger partial charge in [-0.05, 0) is 12.8 Å². The fourth-order valence-electron chi connectivity index (χ4n) is 1.76. The minimum Gasteiger partial charge on any atom is -0.479 e. The topological polar surface area (TPSA) is 106 Å². The summed E-state index contributed by atoms with van der Waals surface area (Å²) in [7, 11) is 1.77. The quantitative estimate of drug-likeness (QED) is 0.718. The minimum atomic E-state index is -1.03. The molecule has 98 valence electrons. The molecule has 2 heterocycles. The highest BCUT2D eigenvalue weighted by atomic mass is 16.5. The van der Waals surface area contributed by atoms with E-state index in [4.69, 9.17) is 9.84 Å². The molecule has 0 bridgehead atoms. The van der Waals surface area contributed by atoms with E-state index in [9.17, 15) is 9.59 Å². The molecule has 0 spiro atoms. The second-order valence-electron chi connectivity index (χ2n) is 4.10. The van der Waals surface area contributed by atoms with Gasteiger partial charge in [0, 0.05) is 7.05 Å². The lowest BCUT2D eigenvalue weighted by Crippen LogP contribution is -2.35. The molecule has 8 heteroatoms. The van der Waals surface area contributed by atoms with Crippen LogP contribution in [0.25, 0.3) is 0 Å². The third-order valence-corrected chi connectivity index (χ3v) is 2.81. The van der Waals surface area contributed by atoms with Crippen molar-refractivity contribution in [1.82, 2.24) is 20.1 Å². The summed E-state index contributed by atoms with van der Waals surface area (Å²) >= 11 is 0. The van der Waals surface area contributed by atoms with Crippen LogP contribution in [0.15, 0.2) is 6.33 Å². The van der Waals surface area contributed by atoms with E-state index in [0.29, 0.717) is 18.7 Å². The fourth-order valence-corrected chi connectivity index (χ4v) is 1.76. The van der Waals surface area contributed by atoms with Crippen LogP contribution >= 0.6 is 0 Å². The van der Waals surface area contributed by atoms with E-state index in [-0.39, 0.29) is 12.5 Å². The first-order valence-electron chi connectivity index (χ1n) is 5.57. The molecule has 1 amide bonds. The second kappa shape index (κ2) is 5.13. The number of carbonyl (C=O) groups is 2. The number of rotatable bonds is 4. The Morgan fingerprint density at radius 2 is 2.28 bits per heavy atom.